The fraction of sp³-hybridized carbons (Fsp3) is 0.541. The molecule has 108 heavy (non-hydrogen) atoms. The molecule has 3 saturated heterocycles. The number of ether oxygens (including phenoxy) is 6. The Bertz CT molecular complexity index is 4150. The number of carbonyl (C=O) groups excluding carboxylic acids is 2. The summed E-state index contributed by atoms with van der Waals surface area (Å²) in [5, 5.41) is 75.8. The maximum absolute atomic E-state index is 14.1. The van der Waals surface area contributed by atoms with Gasteiger partial charge in [-0.05, 0) is 94.3 Å². The van der Waals surface area contributed by atoms with Crippen molar-refractivity contribution in [3.05, 3.63) is 143 Å². The molecule has 0 saturated carbocycles. The average Bonchev–Trinajstić information content (AvgIpc) is 1.59. The van der Waals surface area contributed by atoms with Crippen molar-refractivity contribution < 1.29 is 85.5 Å². The lowest BCUT2D eigenvalue weighted by Gasteiger charge is -2.28. The molecule has 3 aliphatic heterocycles. The second kappa shape index (κ2) is 41.7. The molecule has 3 aliphatic rings. The fourth-order valence-corrected chi connectivity index (χ4v) is 15.5. The molecule has 7 heterocycles. The quantitative estimate of drug-likeness (QED) is 0.00615. The first-order valence-corrected chi connectivity index (χ1v) is 39.9. The van der Waals surface area contributed by atoms with Crippen molar-refractivity contribution in [1.29, 1.82) is 10.5 Å². The number of non-ortho nitro benzene ring substituents is 1. The smallest absolute Gasteiger partial charge is 0.465 e. The van der Waals surface area contributed by atoms with Gasteiger partial charge in [0.05, 0.1) is 36.1 Å². The number of nitriles is 2. The number of para-hydroxylation sites is 2. The van der Waals surface area contributed by atoms with Gasteiger partial charge in [0.25, 0.3) is 5.69 Å². The van der Waals surface area contributed by atoms with Gasteiger partial charge in [-0.25, -0.2) is 28.1 Å². The second-order valence-corrected chi connectivity index (χ2v) is 29.9. The SMILES string of the molecule is CC1O[C@H]2[C@H](c3ccc4c(N)ncnn34)O[C@](C#N)(CO)[C@H]2O1.CCCCCCCCCCCCOC(=O)[C@H](C)NP(=O)(OC[C@@]1(C#N)O[C@@H](c2ccc3c(N)ncnn23)[C@H](O)[C@@H]1O)Oc1ccccc1.CCCCCCCCCCCCOC(=O)[C@H](C)NP(=O)(Oc1ccccc1)Oc1ccc([N+](=O)[O-])cc1. The number of anilines is 2. The van der Waals surface area contributed by atoms with Crippen LogP contribution in [0.1, 0.15) is 187 Å². The van der Waals surface area contributed by atoms with Crippen LogP contribution in [0.15, 0.2) is 122 Å². The molecule has 0 amide bonds. The van der Waals surface area contributed by atoms with Gasteiger partial charge in [-0.3, -0.25) is 24.2 Å². The number of hydrogen-bond acceptors (Lipinski definition) is 27. The summed E-state index contributed by atoms with van der Waals surface area (Å²) in [6, 6.07) is 30.1. The van der Waals surface area contributed by atoms with E-state index in [4.69, 9.17) is 58.0 Å². The monoisotopic (exact) mass is 1540 g/mol. The first-order chi connectivity index (χ1) is 52.0. The largest absolute Gasteiger partial charge is 0.513 e. The minimum absolute atomic E-state index is 0.0864. The summed E-state index contributed by atoms with van der Waals surface area (Å²) < 4.78 is 87.1. The molecule has 32 nitrogen and oxygen atoms in total. The van der Waals surface area contributed by atoms with E-state index in [-0.39, 0.29) is 42.0 Å². The van der Waals surface area contributed by atoms with E-state index in [2.05, 4.69) is 44.2 Å². The highest BCUT2D eigenvalue weighted by atomic mass is 31.2. The zero-order valence-corrected chi connectivity index (χ0v) is 63.5. The van der Waals surface area contributed by atoms with E-state index in [1.54, 1.807) is 84.2 Å². The minimum atomic E-state index is -4.42. The molecule has 7 aromatic rings. The average molecular weight is 1540 g/mol. The number of fused-ring (bicyclic) bond motifs is 3. The number of nitrogens with two attached hydrogens (primary N) is 2. The number of nitrogens with zero attached hydrogens (tertiary/aromatic N) is 9. The van der Waals surface area contributed by atoms with Crippen LogP contribution in [-0.2, 0) is 51.7 Å². The number of aromatic nitrogens is 6. The van der Waals surface area contributed by atoms with E-state index in [1.807, 2.05) is 12.1 Å². The van der Waals surface area contributed by atoms with Crippen molar-refractivity contribution in [3.63, 3.8) is 0 Å². The minimum Gasteiger partial charge on any atom is -0.465 e. The Morgan fingerprint density at radius 2 is 1.03 bits per heavy atom. The molecule has 13 atom stereocenters. The van der Waals surface area contributed by atoms with Crippen molar-refractivity contribution in [2.75, 3.05) is 37.9 Å². The maximum atomic E-state index is 14.1. The molecule has 586 valence electrons. The molecule has 4 aromatic heterocycles. The van der Waals surface area contributed by atoms with Gasteiger partial charge < -0.3 is 68.8 Å². The van der Waals surface area contributed by atoms with Crippen molar-refractivity contribution in [3.8, 4) is 29.4 Å². The van der Waals surface area contributed by atoms with Crippen LogP contribution in [0.2, 0.25) is 0 Å². The summed E-state index contributed by atoms with van der Waals surface area (Å²) in [5.74, 6) is -0.190. The lowest BCUT2D eigenvalue weighted by Crippen LogP contribution is -2.46. The summed E-state index contributed by atoms with van der Waals surface area (Å²) in [5.41, 5.74) is 10.00. The molecule has 0 radical (unpaired) electrons. The first-order valence-electron chi connectivity index (χ1n) is 36.8. The van der Waals surface area contributed by atoms with Gasteiger partial charge in [-0.1, -0.05) is 166 Å². The predicted molar refractivity (Wildman–Crippen MR) is 397 cm³/mol. The van der Waals surface area contributed by atoms with E-state index in [0.717, 1.165) is 38.5 Å². The third-order valence-corrected chi connectivity index (χ3v) is 21.5. The predicted octanol–water partition coefficient (Wildman–Crippen LogP) is 12.4. The first kappa shape index (κ1) is 84.9. The standard InChI is InChI=1S/C33H47N6O8P.C27H39N2O7P.C14H15N5O4/c1-3-4-5-6-7-8-9-10-11-15-20-44-32(42)24(2)38-48(43,47-25-16-13-12-14-17-25)45-22-33(21-34)30(41)28(40)29(46-33)26-18-19-27-31(35)36-23-37-39(26)27;1-3-4-5-6-7-8-9-10-11-15-22-34-27(30)23(2)28-37(33,35-25-16-13-12-14-17-25)36-26-20-18-24(19-21-26)29(31)32;1-7-21-11-10(23-14(4-15,5-20)12(11)22-7)8-2-3-9-13(16)17-6-18-19(8)9/h12-14,16-19,23-24,28-30,40-41H,3-11,15,20,22H2,1-2H3,(H,38,43)(H2,35,36,37);12-14,16-21,23H,3-11,15,22H2,1-2H3,(H,28,33);2-3,6-7,10-12,20H,5H2,1H3,(H2,16,17,18)/t24-,28-,29-,30-,33+,48?;23-,37?;7?,10-,11-,12-,14+/m000/s1. The molecule has 0 bridgehead atoms. The van der Waals surface area contributed by atoms with E-state index in [1.165, 1.54) is 151 Å². The number of nitrogen functional groups attached to an aromatic ring is 2. The van der Waals surface area contributed by atoms with Crippen molar-refractivity contribution in [1.82, 2.24) is 39.4 Å². The Morgan fingerprint density at radius 1 is 0.611 bits per heavy atom. The van der Waals surface area contributed by atoms with Gasteiger partial charge in [-0.2, -0.15) is 30.9 Å². The van der Waals surface area contributed by atoms with Gasteiger partial charge in [0, 0.05) is 12.1 Å². The summed E-state index contributed by atoms with van der Waals surface area (Å²) in [6.07, 6.45) is 18.9. The van der Waals surface area contributed by atoms with Crippen LogP contribution in [0, 0.1) is 32.8 Å². The Kier molecular flexibility index (Phi) is 32.8. The highest BCUT2D eigenvalue weighted by Gasteiger charge is 2.62. The number of benzene rings is 3. The summed E-state index contributed by atoms with van der Waals surface area (Å²) in [4.78, 5) is 43.6. The number of hydrogen-bond donors (Lipinski definition) is 7. The van der Waals surface area contributed by atoms with E-state index in [0.29, 0.717) is 34.7 Å². The molecule has 34 heteroatoms. The third-order valence-electron chi connectivity index (χ3n) is 18.3. The maximum Gasteiger partial charge on any atom is 0.513 e. The normalized spacial score (nSPS) is 22.3. The number of carbonyl (C=O) groups is 2. The zero-order valence-electron chi connectivity index (χ0n) is 61.7. The number of nitro groups is 1. The van der Waals surface area contributed by atoms with E-state index < -0.39 is 112 Å². The molecule has 3 unspecified atom stereocenters. The van der Waals surface area contributed by atoms with E-state index >= 15 is 0 Å². The molecular formula is C74H101N13O19P2. The highest BCUT2D eigenvalue weighted by molar-refractivity contribution is 7.52. The van der Waals surface area contributed by atoms with Gasteiger partial charge in [-0.15, -0.1) is 0 Å². The topological polar surface area (TPSA) is 448 Å². The van der Waals surface area contributed by atoms with E-state index in [9.17, 15) is 54.7 Å². The van der Waals surface area contributed by atoms with Crippen LogP contribution in [0.5, 0.6) is 17.2 Å². The van der Waals surface area contributed by atoms with Crippen molar-refractivity contribution in [2.24, 2.45) is 0 Å². The Morgan fingerprint density at radius 3 is 1.47 bits per heavy atom. The van der Waals surface area contributed by atoms with Crippen LogP contribution in [0.25, 0.3) is 11.0 Å². The lowest BCUT2D eigenvalue weighted by molar-refractivity contribution is -0.384. The molecule has 0 spiro atoms. The molecule has 9 N–H and O–H groups in total. The Labute approximate surface area is 628 Å². The molecule has 0 aliphatic carbocycles. The Balaban J connectivity index is 0.000000216. The number of rotatable bonds is 41. The number of aliphatic hydroxyl groups is 3. The van der Waals surface area contributed by atoms with Gasteiger partial charge in [0.1, 0.15) is 108 Å². The lowest BCUT2D eigenvalue weighted by atomic mass is 9.96. The number of esters is 2. The van der Waals surface area contributed by atoms with Crippen LogP contribution in [0.4, 0.5) is 17.3 Å². The molecule has 3 fully saturated rings. The van der Waals surface area contributed by atoms with Gasteiger partial charge in [0.2, 0.25) is 11.2 Å². The number of nitro benzene ring substituents is 1. The van der Waals surface area contributed by atoms with Gasteiger partial charge in [0.15, 0.2) is 17.9 Å². The van der Waals surface area contributed by atoms with Crippen molar-refractivity contribution >= 4 is 55.8 Å². The fourth-order valence-electron chi connectivity index (χ4n) is 12.4. The summed E-state index contributed by atoms with van der Waals surface area (Å²) in [6.45, 7) is 8.36. The second-order valence-electron chi connectivity index (χ2n) is 26.6. The number of aliphatic hydroxyl groups excluding tert-OH is 3. The molecule has 3 aromatic carbocycles. The van der Waals surface area contributed by atoms with Crippen LogP contribution in [0.3, 0.4) is 0 Å². The molecular weight excluding hydrogens is 1440 g/mol. The highest BCUT2D eigenvalue weighted by Crippen LogP contribution is 2.51. The molecule has 10 rings (SSSR count). The van der Waals surface area contributed by atoms with Crippen LogP contribution < -0.4 is 35.2 Å². The van der Waals surface area contributed by atoms with Crippen LogP contribution >= 0.6 is 15.5 Å². The third kappa shape index (κ3) is 23.4. The summed E-state index contributed by atoms with van der Waals surface area (Å²) in [7, 11) is -8.52. The number of nitrogens with one attached hydrogen (secondary N) is 2. The van der Waals surface area contributed by atoms with Crippen molar-refractivity contribution in [2.45, 2.75) is 229 Å². The summed E-state index contributed by atoms with van der Waals surface area (Å²) >= 11 is 0. The van der Waals surface area contributed by atoms with Gasteiger partial charge >= 0.3 is 27.4 Å². The Hall–Kier alpha value is -8.72. The zero-order chi connectivity index (χ0) is 77.7. The van der Waals surface area contributed by atoms with Crippen LogP contribution in [-0.4, -0.2) is 142 Å². The number of unbranched alkanes of at least 4 members (excludes halogenated alkanes) is 18.